The van der Waals surface area contributed by atoms with E-state index in [9.17, 15) is 32.3 Å². The molecule has 12 heteroatoms. The summed E-state index contributed by atoms with van der Waals surface area (Å²) < 4.78 is 54.7. The van der Waals surface area contributed by atoms with Crippen molar-refractivity contribution in [2.24, 2.45) is 0 Å². The molecule has 9 nitrogen and oxygen atoms in total. The molecule has 0 radical (unpaired) electrons. The van der Waals surface area contributed by atoms with Gasteiger partial charge in [0.05, 0.1) is 31.9 Å². The summed E-state index contributed by atoms with van der Waals surface area (Å²) in [4.78, 5) is 50.7. The fraction of sp³-hybridized carbons (Fsp3) is 0.478. The minimum atomic E-state index is -4.83. The van der Waals surface area contributed by atoms with Crippen molar-refractivity contribution in [3.8, 4) is 0 Å². The maximum absolute atomic E-state index is 13.4. The van der Waals surface area contributed by atoms with Gasteiger partial charge in [-0.15, -0.1) is 0 Å². The lowest BCUT2D eigenvalue weighted by molar-refractivity contribution is -0.148. The van der Waals surface area contributed by atoms with Gasteiger partial charge in [-0.3, -0.25) is 9.69 Å². The Labute approximate surface area is 198 Å². The topological polar surface area (TPSA) is 115 Å². The Morgan fingerprint density at radius 1 is 1.11 bits per heavy atom. The molecule has 0 saturated heterocycles. The van der Waals surface area contributed by atoms with Gasteiger partial charge in [-0.2, -0.15) is 13.2 Å². The van der Waals surface area contributed by atoms with E-state index < -0.39 is 58.8 Å². The van der Waals surface area contributed by atoms with E-state index in [1.165, 1.54) is 6.07 Å². The number of ether oxygens (including phenoxy) is 2. The van der Waals surface area contributed by atoms with Gasteiger partial charge in [-0.1, -0.05) is 19.3 Å². The summed E-state index contributed by atoms with van der Waals surface area (Å²) in [5.41, 5.74) is -2.96. The first kappa shape index (κ1) is 26.0. The second-order valence-electron chi connectivity index (χ2n) is 8.13. The van der Waals surface area contributed by atoms with Crippen LogP contribution in [0.3, 0.4) is 0 Å². The number of alkyl halides is 3. The summed E-state index contributed by atoms with van der Waals surface area (Å²) in [5, 5.41) is 2.41. The Hall–Kier alpha value is -3.57. The maximum atomic E-state index is 13.4. The average molecular weight is 498 g/mol. The first-order valence-corrected chi connectivity index (χ1v) is 10.9. The zero-order chi connectivity index (χ0) is 25.8. The second-order valence-corrected chi connectivity index (χ2v) is 8.13. The molecule has 1 N–H and O–H groups in total. The smallest absolute Gasteiger partial charge is 0.417 e. The predicted molar refractivity (Wildman–Crippen MR) is 118 cm³/mol. The number of halogens is 3. The molecule has 1 aromatic heterocycles. The fourth-order valence-corrected chi connectivity index (χ4v) is 4.12. The zero-order valence-corrected chi connectivity index (χ0v) is 19.1. The summed E-state index contributed by atoms with van der Waals surface area (Å²) in [6, 6.07) is 1.14. The molecule has 0 spiro atoms. The van der Waals surface area contributed by atoms with E-state index in [4.69, 9.17) is 9.15 Å². The monoisotopic (exact) mass is 498 g/mol. The number of amides is 2. The van der Waals surface area contributed by atoms with Gasteiger partial charge >= 0.3 is 29.8 Å². The van der Waals surface area contributed by atoms with E-state index >= 15 is 0 Å². The Bertz CT molecular complexity index is 1160. The number of carbonyl (C=O) groups excluding carboxylic acids is 3. The van der Waals surface area contributed by atoms with Crippen LogP contribution in [-0.2, 0) is 25.2 Å². The van der Waals surface area contributed by atoms with E-state index in [1.54, 1.807) is 0 Å². The lowest BCUT2D eigenvalue weighted by Gasteiger charge is -2.32. The predicted octanol–water partition coefficient (Wildman–Crippen LogP) is 3.77. The van der Waals surface area contributed by atoms with Crippen molar-refractivity contribution >= 4 is 34.6 Å². The highest BCUT2D eigenvalue weighted by molar-refractivity contribution is 6.01. The largest absolute Gasteiger partial charge is 0.469 e. The van der Waals surface area contributed by atoms with Gasteiger partial charge in [0.25, 0.3) is 0 Å². The number of nitrogens with zero attached hydrogens (tertiary/aromatic N) is 1. The number of esters is 2. The van der Waals surface area contributed by atoms with Crippen LogP contribution in [0.1, 0.15) is 44.1 Å². The third kappa shape index (κ3) is 6.11. The SMILES string of the molecule is COC(=O)CC(C(=O)OC)N(C(=O)NC1CCCCC1)c1ccc2c(C(F)(F)F)cc(=O)oc2c1. The van der Waals surface area contributed by atoms with Crippen LogP contribution >= 0.6 is 0 Å². The van der Waals surface area contributed by atoms with Crippen LogP contribution < -0.4 is 15.8 Å². The van der Waals surface area contributed by atoms with Gasteiger partial charge in [0.2, 0.25) is 0 Å². The first-order chi connectivity index (χ1) is 16.5. The highest BCUT2D eigenvalue weighted by Gasteiger charge is 2.37. The quantitative estimate of drug-likeness (QED) is 0.476. The summed E-state index contributed by atoms with van der Waals surface area (Å²) in [6.07, 6.45) is -1.17. The Morgan fingerprint density at radius 2 is 1.80 bits per heavy atom. The van der Waals surface area contributed by atoms with Crippen molar-refractivity contribution in [3.05, 3.63) is 40.2 Å². The van der Waals surface area contributed by atoms with Crippen molar-refractivity contribution < 1.29 is 41.4 Å². The number of urea groups is 1. The van der Waals surface area contributed by atoms with Crippen molar-refractivity contribution in [3.63, 3.8) is 0 Å². The highest BCUT2D eigenvalue weighted by atomic mass is 19.4. The molecule has 2 amide bonds. The van der Waals surface area contributed by atoms with Crippen molar-refractivity contribution in [2.45, 2.75) is 56.8 Å². The molecular weight excluding hydrogens is 473 g/mol. The van der Waals surface area contributed by atoms with Gasteiger partial charge in [0, 0.05) is 23.6 Å². The van der Waals surface area contributed by atoms with Gasteiger partial charge in [0.15, 0.2) is 0 Å². The molecule has 0 aliphatic heterocycles. The summed E-state index contributed by atoms with van der Waals surface area (Å²) in [5.74, 6) is -1.76. The number of anilines is 1. The Balaban J connectivity index is 2.12. The van der Waals surface area contributed by atoms with E-state index in [2.05, 4.69) is 10.1 Å². The van der Waals surface area contributed by atoms with E-state index in [1.807, 2.05) is 0 Å². The lowest BCUT2D eigenvalue weighted by atomic mass is 9.95. The summed E-state index contributed by atoms with van der Waals surface area (Å²) >= 11 is 0. The normalized spacial score (nSPS) is 15.3. The third-order valence-corrected chi connectivity index (χ3v) is 5.84. The fourth-order valence-electron chi connectivity index (χ4n) is 4.12. The molecule has 1 aliphatic carbocycles. The highest BCUT2D eigenvalue weighted by Crippen LogP contribution is 2.35. The van der Waals surface area contributed by atoms with Crippen LogP contribution in [0.25, 0.3) is 11.0 Å². The second kappa shape index (κ2) is 10.8. The number of methoxy groups -OCH3 is 2. The minimum absolute atomic E-state index is 0.0763. The number of benzene rings is 1. The number of carbonyl (C=O) groups is 3. The van der Waals surface area contributed by atoms with Gasteiger partial charge < -0.3 is 19.2 Å². The van der Waals surface area contributed by atoms with Gasteiger partial charge in [0.1, 0.15) is 11.6 Å². The van der Waals surface area contributed by atoms with Crippen LogP contribution in [0.2, 0.25) is 0 Å². The Kier molecular flexibility index (Phi) is 8.03. The van der Waals surface area contributed by atoms with E-state index in [-0.39, 0.29) is 11.7 Å². The molecule has 2 aromatic rings. The van der Waals surface area contributed by atoms with Crippen molar-refractivity contribution in [2.75, 3.05) is 19.1 Å². The van der Waals surface area contributed by atoms with Gasteiger partial charge in [-0.05, 0) is 25.0 Å². The number of hydrogen-bond acceptors (Lipinski definition) is 7. The van der Waals surface area contributed by atoms with Crippen molar-refractivity contribution in [1.82, 2.24) is 5.32 Å². The molecule has 35 heavy (non-hydrogen) atoms. The van der Waals surface area contributed by atoms with E-state index in [0.717, 1.165) is 50.5 Å². The van der Waals surface area contributed by atoms with Crippen LogP contribution in [0.5, 0.6) is 0 Å². The van der Waals surface area contributed by atoms with Crippen molar-refractivity contribution in [1.29, 1.82) is 0 Å². The van der Waals surface area contributed by atoms with Crippen LogP contribution in [0.15, 0.2) is 33.5 Å². The summed E-state index contributed by atoms with van der Waals surface area (Å²) in [6.45, 7) is 0. The summed E-state index contributed by atoms with van der Waals surface area (Å²) in [7, 11) is 2.17. The minimum Gasteiger partial charge on any atom is -0.469 e. The van der Waals surface area contributed by atoms with E-state index in [0.29, 0.717) is 18.9 Å². The first-order valence-electron chi connectivity index (χ1n) is 10.9. The van der Waals surface area contributed by atoms with Crippen LogP contribution in [0, 0.1) is 0 Å². The molecular formula is C23H25F3N2O7. The number of rotatable bonds is 6. The lowest BCUT2D eigenvalue weighted by Crippen LogP contribution is -2.53. The number of hydrogen-bond donors (Lipinski definition) is 1. The molecule has 1 aromatic carbocycles. The van der Waals surface area contributed by atoms with Crippen LogP contribution in [-0.4, -0.2) is 44.3 Å². The number of fused-ring (bicyclic) bond motifs is 1. The molecule has 3 rings (SSSR count). The van der Waals surface area contributed by atoms with Gasteiger partial charge in [-0.25, -0.2) is 14.4 Å². The molecule has 1 saturated carbocycles. The third-order valence-electron chi connectivity index (χ3n) is 5.84. The molecule has 0 bridgehead atoms. The standard InChI is InChI=1S/C23H25F3N2O7/c1-33-19(29)12-17(21(31)34-2)28(22(32)27-13-6-4-3-5-7-13)14-8-9-15-16(23(24,25)26)11-20(30)35-18(15)10-14/h8-11,13,17H,3-7,12H2,1-2H3,(H,27,32). The molecule has 1 unspecified atom stereocenters. The van der Waals surface area contributed by atoms with Crippen LogP contribution in [0.4, 0.5) is 23.7 Å². The molecule has 190 valence electrons. The molecule has 1 atom stereocenters. The molecule has 1 heterocycles. The Morgan fingerprint density at radius 3 is 2.40 bits per heavy atom. The maximum Gasteiger partial charge on any atom is 0.417 e. The average Bonchev–Trinajstić information content (AvgIpc) is 2.82. The molecule has 1 fully saturated rings. The number of nitrogens with one attached hydrogen (secondary N) is 1. The molecule has 1 aliphatic rings. The zero-order valence-electron chi connectivity index (χ0n) is 19.1.